The lowest BCUT2D eigenvalue weighted by molar-refractivity contribution is -0.0340. The number of aliphatic hydroxyl groups is 1. The first kappa shape index (κ1) is 16.1. The fourth-order valence-electron chi connectivity index (χ4n) is 2.79. The molecule has 0 radical (unpaired) electrons. The van der Waals surface area contributed by atoms with Crippen molar-refractivity contribution in [2.24, 2.45) is 0 Å². The normalized spacial score (nSPS) is 14.6. The van der Waals surface area contributed by atoms with Crippen molar-refractivity contribution in [3.05, 3.63) is 35.0 Å². The largest absolute Gasteiger partial charge is 0.470 e. The van der Waals surface area contributed by atoms with Crippen LogP contribution in [0.3, 0.4) is 0 Å². The Labute approximate surface area is 139 Å². The standard InChI is InChI=1S/C17H20ClN3O2/c1-9-7-11-14-12(18)5-6-13(15(14)20-16(11)19-8-9)23-17(10(2)22)21(3)4/h5-8,10,17,22H,1-4H3,(H,19,20). The van der Waals surface area contributed by atoms with E-state index in [4.69, 9.17) is 16.3 Å². The van der Waals surface area contributed by atoms with E-state index >= 15 is 0 Å². The van der Waals surface area contributed by atoms with Gasteiger partial charge in [-0.1, -0.05) is 11.6 Å². The molecule has 122 valence electrons. The zero-order chi connectivity index (χ0) is 16.7. The predicted octanol–water partition coefficient (Wildman–Crippen LogP) is 3.33. The van der Waals surface area contributed by atoms with Gasteiger partial charge >= 0.3 is 0 Å². The molecule has 3 aromatic rings. The highest BCUT2D eigenvalue weighted by molar-refractivity contribution is 6.38. The topological polar surface area (TPSA) is 61.4 Å². The SMILES string of the molecule is Cc1cnc2[nH]c3c(OC(C(C)O)N(C)C)ccc(Cl)c3c2c1. The zero-order valence-electron chi connectivity index (χ0n) is 13.6. The lowest BCUT2D eigenvalue weighted by atomic mass is 10.1. The van der Waals surface area contributed by atoms with Crippen LogP contribution in [0, 0.1) is 6.92 Å². The number of fused-ring (bicyclic) bond motifs is 3. The first-order valence-electron chi connectivity index (χ1n) is 7.46. The van der Waals surface area contributed by atoms with Crippen LogP contribution in [0.1, 0.15) is 12.5 Å². The number of hydrogen-bond donors (Lipinski definition) is 2. The van der Waals surface area contributed by atoms with Crippen molar-refractivity contribution < 1.29 is 9.84 Å². The summed E-state index contributed by atoms with van der Waals surface area (Å²) >= 11 is 6.40. The first-order chi connectivity index (χ1) is 10.9. The molecule has 0 saturated carbocycles. The summed E-state index contributed by atoms with van der Waals surface area (Å²) in [6.07, 6.45) is 0.714. The van der Waals surface area contributed by atoms with Crippen LogP contribution in [0.4, 0.5) is 0 Å². The van der Waals surface area contributed by atoms with Crippen LogP contribution >= 0.6 is 11.6 Å². The van der Waals surface area contributed by atoms with Gasteiger partial charge in [0, 0.05) is 17.0 Å². The van der Waals surface area contributed by atoms with Crippen molar-refractivity contribution in [2.45, 2.75) is 26.2 Å². The molecule has 2 unspecified atom stereocenters. The molecule has 0 aliphatic carbocycles. The molecule has 2 heterocycles. The molecule has 3 rings (SSSR count). The van der Waals surface area contributed by atoms with E-state index in [-0.39, 0.29) is 0 Å². The Morgan fingerprint density at radius 3 is 2.74 bits per heavy atom. The third-order valence-electron chi connectivity index (χ3n) is 3.82. The highest BCUT2D eigenvalue weighted by atomic mass is 35.5. The van der Waals surface area contributed by atoms with Crippen LogP contribution in [-0.2, 0) is 0 Å². The lowest BCUT2D eigenvalue weighted by Crippen LogP contribution is -2.42. The monoisotopic (exact) mass is 333 g/mol. The van der Waals surface area contributed by atoms with Crippen LogP contribution in [0.15, 0.2) is 24.4 Å². The minimum Gasteiger partial charge on any atom is -0.470 e. The molecular weight excluding hydrogens is 314 g/mol. The van der Waals surface area contributed by atoms with E-state index < -0.39 is 12.3 Å². The van der Waals surface area contributed by atoms with Crippen molar-refractivity contribution in [3.8, 4) is 5.75 Å². The molecule has 0 aliphatic heterocycles. The number of aliphatic hydroxyl groups excluding tert-OH is 1. The van der Waals surface area contributed by atoms with Gasteiger partial charge in [0.15, 0.2) is 6.23 Å². The van der Waals surface area contributed by atoms with Gasteiger partial charge in [-0.25, -0.2) is 4.98 Å². The van der Waals surface area contributed by atoms with E-state index in [2.05, 4.69) is 16.0 Å². The molecule has 0 aliphatic rings. The van der Waals surface area contributed by atoms with Crippen LogP contribution < -0.4 is 4.74 Å². The summed E-state index contributed by atoms with van der Waals surface area (Å²) in [6, 6.07) is 5.67. The summed E-state index contributed by atoms with van der Waals surface area (Å²) in [7, 11) is 3.72. The van der Waals surface area contributed by atoms with E-state index in [0.29, 0.717) is 10.8 Å². The summed E-state index contributed by atoms with van der Waals surface area (Å²) in [4.78, 5) is 9.53. The Morgan fingerprint density at radius 2 is 2.09 bits per heavy atom. The second kappa shape index (κ2) is 6.00. The van der Waals surface area contributed by atoms with Crippen molar-refractivity contribution >= 4 is 33.5 Å². The number of nitrogens with one attached hydrogen (secondary N) is 1. The van der Waals surface area contributed by atoms with Gasteiger partial charge in [0.25, 0.3) is 0 Å². The van der Waals surface area contributed by atoms with E-state index in [9.17, 15) is 5.11 Å². The van der Waals surface area contributed by atoms with E-state index in [1.165, 1.54) is 0 Å². The number of aryl methyl sites for hydroxylation is 1. The van der Waals surface area contributed by atoms with Gasteiger partial charge in [0.2, 0.25) is 0 Å². The first-order valence-corrected chi connectivity index (χ1v) is 7.84. The average Bonchev–Trinajstić information content (AvgIpc) is 2.85. The molecule has 0 spiro atoms. The number of rotatable bonds is 4. The van der Waals surface area contributed by atoms with Gasteiger partial charge in [0.05, 0.1) is 10.5 Å². The number of aromatic amines is 1. The molecule has 0 amide bonds. The van der Waals surface area contributed by atoms with Gasteiger partial charge in [-0.15, -0.1) is 0 Å². The molecule has 2 atom stereocenters. The van der Waals surface area contributed by atoms with E-state index in [1.54, 1.807) is 6.92 Å². The van der Waals surface area contributed by atoms with Crippen molar-refractivity contribution in [2.75, 3.05) is 14.1 Å². The van der Waals surface area contributed by atoms with Gasteiger partial charge in [-0.2, -0.15) is 0 Å². The zero-order valence-corrected chi connectivity index (χ0v) is 14.3. The number of hydrogen-bond acceptors (Lipinski definition) is 4. The Hall–Kier alpha value is -1.82. The number of benzene rings is 1. The number of likely N-dealkylation sites (N-methyl/N-ethyl adjacent to an activating group) is 1. The van der Waals surface area contributed by atoms with Crippen LogP contribution in [-0.4, -0.2) is 46.4 Å². The minimum absolute atomic E-state index is 0.458. The second-order valence-electron chi connectivity index (χ2n) is 6.04. The van der Waals surface area contributed by atoms with Crippen LogP contribution in [0.5, 0.6) is 5.75 Å². The molecule has 5 nitrogen and oxygen atoms in total. The molecule has 0 fully saturated rings. The molecule has 2 aromatic heterocycles. The summed E-state index contributed by atoms with van der Waals surface area (Å²) in [5.41, 5.74) is 2.62. The number of halogens is 1. The number of nitrogens with zero attached hydrogens (tertiary/aromatic N) is 2. The Kier molecular flexibility index (Phi) is 4.19. The number of ether oxygens (including phenoxy) is 1. The van der Waals surface area contributed by atoms with E-state index in [0.717, 1.165) is 27.5 Å². The molecular formula is C17H20ClN3O2. The van der Waals surface area contributed by atoms with Crippen LogP contribution in [0.25, 0.3) is 21.9 Å². The average molecular weight is 334 g/mol. The predicted molar refractivity (Wildman–Crippen MR) is 93.1 cm³/mol. The maximum Gasteiger partial charge on any atom is 0.178 e. The second-order valence-corrected chi connectivity index (χ2v) is 6.45. The summed E-state index contributed by atoms with van der Waals surface area (Å²) in [5.74, 6) is 0.639. The molecule has 6 heteroatoms. The Morgan fingerprint density at radius 1 is 1.35 bits per heavy atom. The summed E-state index contributed by atoms with van der Waals surface area (Å²) in [6.45, 7) is 3.70. The quantitative estimate of drug-likeness (QED) is 0.719. The lowest BCUT2D eigenvalue weighted by Gasteiger charge is -2.27. The van der Waals surface area contributed by atoms with Crippen molar-refractivity contribution in [1.29, 1.82) is 0 Å². The molecule has 0 saturated heterocycles. The fraction of sp³-hybridized carbons (Fsp3) is 0.353. The highest BCUT2D eigenvalue weighted by Gasteiger charge is 2.22. The van der Waals surface area contributed by atoms with E-state index in [1.807, 2.05) is 44.2 Å². The maximum atomic E-state index is 9.93. The van der Waals surface area contributed by atoms with Gasteiger partial charge in [-0.05, 0) is 51.7 Å². The third-order valence-corrected chi connectivity index (χ3v) is 4.14. The fourth-order valence-corrected chi connectivity index (χ4v) is 3.05. The summed E-state index contributed by atoms with van der Waals surface area (Å²) < 4.78 is 6.02. The van der Waals surface area contributed by atoms with Gasteiger partial charge < -0.3 is 14.8 Å². The number of pyridine rings is 1. The highest BCUT2D eigenvalue weighted by Crippen LogP contribution is 2.37. The third kappa shape index (κ3) is 2.87. The number of H-pyrrole nitrogens is 1. The molecule has 1 aromatic carbocycles. The Bertz CT molecular complexity index is 850. The van der Waals surface area contributed by atoms with Crippen molar-refractivity contribution in [3.63, 3.8) is 0 Å². The molecule has 23 heavy (non-hydrogen) atoms. The maximum absolute atomic E-state index is 9.93. The Balaban J connectivity index is 2.19. The summed E-state index contributed by atoms with van der Waals surface area (Å²) in [5, 5.41) is 12.4. The number of aromatic nitrogens is 2. The smallest absolute Gasteiger partial charge is 0.178 e. The van der Waals surface area contributed by atoms with Crippen LogP contribution in [0.2, 0.25) is 5.02 Å². The molecule has 2 N–H and O–H groups in total. The van der Waals surface area contributed by atoms with Gasteiger partial charge in [0.1, 0.15) is 17.5 Å². The van der Waals surface area contributed by atoms with Crippen molar-refractivity contribution in [1.82, 2.24) is 14.9 Å². The van der Waals surface area contributed by atoms with Gasteiger partial charge in [-0.3, -0.25) is 4.90 Å². The minimum atomic E-state index is -0.638. The molecule has 0 bridgehead atoms.